The van der Waals surface area contributed by atoms with Gasteiger partial charge in [-0.1, -0.05) is 0 Å². The number of amides is 1. The summed E-state index contributed by atoms with van der Waals surface area (Å²) in [4.78, 5) is 22.3. The number of aliphatic carboxylic acids is 1. The van der Waals surface area contributed by atoms with Gasteiger partial charge in [0.25, 0.3) is 0 Å². The van der Waals surface area contributed by atoms with Crippen molar-refractivity contribution in [2.45, 2.75) is 6.42 Å². The third-order valence-corrected chi connectivity index (χ3v) is 2.71. The zero-order chi connectivity index (χ0) is 12.6. The summed E-state index contributed by atoms with van der Waals surface area (Å²) in [5, 5.41) is 11.1. The van der Waals surface area contributed by atoms with Gasteiger partial charge in [-0.05, 0) is 12.1 Å². The molecular formula is C11H10FNO4. The molecule has 0 fully saturated rings. The Morgan fingerprint density at radius 2 is 2.29 bits per heavy atom. The minimum atomic E-state index is -1.24. The van der Waals surface area contributed by atoms with Gasteiger partial charge in [-0.3, -0.25) is 9.59 Å². The monoisotopic (exact) mass is 239 g/mol. The molecule has 1 aliphatic heterocycles. The highest BCUT2D eigenvalue weighted by atomic mass is 19.1. The summed E-state index contributed by atoms with van der Waals surface area (Å²) < 4.78 is 18.5. The van der Waals surface area contributed by atoms with Gasteiger partial charge in [0.2, 0.25) is 5.91 Å². The van der Waals surface area contributed by atoms with E-state index in [2.05, 4.69) is 5.32 Å². The lowest BCUT2D eigenvalue weighted by atomic mass is 9.92. The second kappa shape index (κ2) is 4.04. The highest BCUT2D eigenvalue weighted by Crippen LogP contribution is 2.35. The van der Waals surface area contributed by atoms with Crippen molar-refractivity contribution in [3.63, 3.8) is 0 Å². The molecule has 1 aromatic carbocycles. The van der Waals surface area contributed by atoms with E-state index >= 15 is 0 Å². The van der Waals surface area contributed by atoms with Crippen LogP contribution in [0.4, 0.5) is 10.1 Å². The molecule has 0 aliphatic carbocycles. The average molecular weight is 239 g/mol. The predicted octanol–water partition coefficient (Wildman–Crippen LogP) is 1.03. The van der Waals surface area contributed by atoms with Crippen molar-refractivity contribution in [2.24, 2.45) is 5.92 Å². The molecule has 17 heavy (non-hydrogen) atoms. The minimum Gasteiger partial charge on any atom is -0.496 e. The summed E-state index contributed by atoms with van der Waals surface area (Å²) in [6.07, 6.45) is -0.0720. The van der Waals surface area contributed by atoms with Gasteiger partial charge in [0.05, 0.1) is 12.8 Å². The fourth-order valence-corrected chi connectivity index (χ4v) is 1.84. The number of hydrogen-bond donors (Lipinski definition) is 2. The fourth-order valence-electron chi connectivity index (χ4n) is 1.84. The highest BCUT2D eigenvalue weighted by molar-refractivity contribution is 6.07. The molecule has 2 rings (SSSR count). The number of methoxy groups -OCH3 is 1. The zero-order valence-electron chi connectivity index (χ0n) is 8.99. The maximum Gasteiger partial charge on any atom is 0.316 e. The summed E-state index contributed by atoms with van der Waals surface area (Å²) in [6, 6.07) is 2.57. The molecule has 1 aliphatic rings. The maximum atomic E-state index is 13.5. The van der Waals surface area contributed by atoms with Gasteiger partial charge in [0.15, 0.2) is 0 Å². The average Bonchev–Trinajstić information content (AvgIpc) is 2.29. The number of hydrogen-bond acceptors (Lipinski definition) is 3. The van der Waals surface area contributed by atoms with Gasteiger partial charge in [0, 0.05) is 12.0 Å². The molecule has 0 spiro atoms. The molecule has 1 heterocycles. The smallest absolute Gasteiger partial charge is 0.316 e. The lowest BCUT2D eigenvalue weighted by molar-refractivity contribution is -0.145. The lowest BCUT2D eigenvalue weighted by Gasteiger charge is -2.23. The van der Waals surface area contributed by atoms with Crippen molar-refractivity contribution in [2.75, 3.05) is 12.4 Å². The summed E-state index contributed by atoms with van der Waals surface area (Å²) in [7, 11) is 1.40. The van der Waals surface area contributed by atoms with Gasteiger partial charge in [-0.25, -0.2) is 4.39 Å². The number of nitrogens with one attached hydrogen (secondary N) is 1. The molecule has 0 radical (unpaired) electrons. The molecule has 6 heteroatoms. The molecule has 2 N–H and O–H groups in total. The van der Waals surface area contributed by atoms with E-state index in [-0.39, 0.29) is 12.1 Å². The Balaban J connectivity index is 2.51. The summed E-state index contributed by atoms with van der Waals surface area (Å²) in [5.41, 5.74) is 0.381. The van der Waals surface area contributed by atoms with Crippen molar-refractivity contribution in [3.05, 3.63) is 23.5 Å². The number of benzene rings is 1. The van der Waals surface area contributed by atoms with Crippen LogP contribution in [-0.4, -0.2) is 24.1 Å². The Morgan fingerprint density at radius 3 is 2.88 bits per heavy atom. The van der Waals surface area contributed by atoms with Crippen LogP contribution in [0.1, 0.15) is 5.56 Å². The molecule has 1 unspecified atom stereocenters. The summed E-state index contributed by atoms with van der Waals surface area (Å²) in [5.74, 6) is -3.39. The van der Waals surface area contributed by atoms with Crippen LogP contribution in [0.25, 0.3) is 0 Å². The molecule has 5 nitrogen and oxygen atoms in total. The minimum absolute atomic E-state index is 0.00634. The van der Waals surface area contributed by atoms with Crippen LogP contribution in [-0.2, 0) is 16.0 Å². The Labute approximate surface area is 96.2 Å². The molecule has 1 atom stereocenters. The van der Waals surface area contributed by atoms with Crippen LogP contribution < -0.4 is 10.1 Å². The number of halogens is 1. The van der Waals surface area contributed by atoms with Crippen molar-refractivity contribution >= 4 is 17.6 Å². The standard InChI is InChI=1S/C11H10FNO4/c1-17-8-3-2-7(12)9-5(8)4-6(11(15)16)10(14)13-9/h2-3,6H,4H2,1H3,(H,13,14)(H,15,16). The van der Waals surface area contributed by atoms with Crippen molar-refractivity contribution < 1.29 is 23.8 Å². The predicted molar refractivity (Wildman–Crippen MR) is 56.4 cm³/mol. The van der Waals surface area contributed by atoms with E-state index in [1.807, 2.05) is 0 Å². The third-order valence-electron chi connectivity index (χ3n) is 2.71. The molecule has 0 bridgehead atoms. The molecule has 0 saturated carbocycles. The first-order valence-electron chi connectivity index (χ1n) is 4.93. The van der Waals surface area contributed by atoms with Crippen molar-refractivity contribution in [1.82, 2.24) is 0 Å². The van der Waals surface area contributed by atoms with Gasteiger partial charge in [-0.15, -0.1) is 0 Å². The number of anilines is 1. The number of rotatable bonds is 2. The second-order valence-corrected chi connectivity index (χ2v) is 3.69. The maximum absolute atomic E-state index is 13.5. The number of carboxylic acids is 1. The normalized spacial score (nSPS) is 18.2. The van der Waals surface area contributed by atoms with Crippen LogP contribution in [0.5, 0.6) is 5.75 Å². The largest absolute Gasteiger partial charge is 0.496 e. The molecule has 1 amide bonds. The molecule has 0 aromatic heterocycles. The topological polar surface area (TPSA) is 75.6 Å². The number of ether oxygens (including phenoxy) is 1. The number of carboxylic acid groups (broad SMARTS) is 1. The van der Waals surface area contributed by atoms with Gasteiger partial charge in [0.1, 0.15) is 17.5 Å². The van der Waals surface area contributed by atoms with Crippen LogP contribution in [0.15, 0.2) is 12.1 Å². The number of carbonyl (C=O) groups is 2. The number of carbonyl (C=O) groups excluding carboxylic acids is 1. The third kappa shape index (κ3) is 1.82. The van der Waals surface area contributed by atoms with E-state index < -0.39 is 23.6 Å². The summed E-state index contributed by atoms with van der Waals surface area (Å²) in [6.45, 7) is 0. The SMILES string of the molecule is COc1ccc(F)c2c1CC(C(=O)O)C(=O)N2. The van der Waals surface area contributed by atoms with E-state index in [0.717, 1.165) is 0 Å². The number of fused-ring (bicyclic) bond motifs is 1. The lowest BCUT2D eigenvalue weighted by Crippen LogP contribution is -2.36. The van der Waals surface area contributed by atoms with E-state index in [1.165, 1.54) is 19.2 Å². The Hall–Kier alpha value is -2.11. The van der Waals surface area contributed by atoms with Crippen LogP contribution >= 0.6 is 0 Å². The van der Waals surface area contributed by atoms with E-state index in [1.54, 1.807) is 0 Å². The Bertz CT molecular complexity index is 500. The van der Waals surface area contributed by atoms with E-state index in [4.69, 9.17) is 9.84 Å². The van der Waals surface area contributed by atoms with Crippen LogP contribution in [0.2, 0.25) is 0 Å². The molecular weight excluding hydrogens is 229 g/mol. The quantitative estimate of drug-likeness (QED) is 0.756. The Kier molecular flexibility index (Phi) is 2.71. The van der Waals surface area contributed by atoms with E-state index in [0.29, 0.717) is 11.3 Å². The van der Waals surface area contributed by atoms with Gasteiger partial charge in [-0.2, -0.15) is 0 Å². The Morgan fingerprint density at radius 1 is 1.59 bits per heavy atom. The van der Waals surface area contributed by atoms with Crippen molar-refractivity contribution in [3.8, 4) is 5.75 Å². The molecule has 90 valence electrons. The van der Waals surface area contributed by atoms with Crippen molar-refractivity contribution in [1.29, 1.82) is 0 Å². The first-order valence-corrected chi connectivity index (χ1v) is 4.93. The second-order valence-electron chi connectivity index (χ2n) is 3.69. The first-order chi connectivity index (χ1) is 8.04. The van der Waals surface area contributed by atoms with Crippen LogP contribution in [0.3, 0.4) is 0 Å². The highest BCUT2D eigenvalue weighted by Gasteiger charge is 2.34. The van der Waals surface area contributed by atoms with Crippen LogP contribution in [0, 0.1) is 11.7 Å². The molecule has 0 saturated heterocycles. The summed E-state index contributed by atoms with van der Waals surface area (Å²) >= 11 is 0. The van der Waals surface area contributed by atoms with Gasteiger partial charge < -0.3 is 15.2 Å². The fraction of sp³-hybridized carbons (Fsp3) is 0.273. The molecule has 1 aromatic rings. The van der Waals surface area contributed by atoms with Gasteiger partial charge >= 0.3 is 5.97 Å². The first kappa shape index (κ1) is 11.4. The zero-order valence-corrected chi connectivity index (χ0v) is 8.99. The van der Waals surface area contributed by atoms with E-state index in [9.17, 15) is 14.0 Å².